The molecule has 128 valence electrons. The number of amides is 1. The number of benzene rings is 2. The number of methoxy groups -OCH3 is 1. The Labute approximate surface area is 141 Å². The number of sulfonamides is 1. The van der Waals surface area contributed by atoms with E-state index < -0.39 is 10.0 Å². The third-order valence-corrected chi connectivity index (χ3v) is 4.78. The van der Waals surface area contributed by atoms with Crippen LogP contribution in [0.25, 0.3) is 0 Å². The van der Waals surface area contributed by atoms with Crippen LogP contribution in [0, 0.1) is 0 Å². The third kappa shape index (κ3) is 4.56. The second-order valence-corrected chi connectivity index (χ2v) is 6.84. The summed E-state index contributed by atoms with van der Waals surface area (Å²) in [5.41, 5.74) is 1.18. The highest BCUT2D eigenvalue weighted by Crippen LogP contribution is 2.27. The van der Waals surface area contributed by atoms with Gasteiger partial charge in [-0.25, -0.2) is 13.1 Å². The summed E-state index contributed by atoms with van der Waals surface area (Å²) in [5.74, 6) is 0.180. The van der Waals surface area contributed by atoms with Gasteiger partial charge in [0.15, 0.2) is 0 Å². The van der Waals surface area contributed by atoms with Crippen LogP contribution in [0.1, 0.15) is 18.9 Å². The van der Waals surface area contributed by atoms with E-state index in [1.54, 1.807) is 6.92 Å². The van der Waals surface area contributed by atoms with Crippen molar-refractivity contribution in [3.05, 3.63) is 54.1 Å². The van der Waals surface area contributed by atoms with Crippen LogP contribution in [0.5, 0.6) is 5.75 Å². The molecule has 0 saturated carbocycles. The lowest BCUT2D eigenvalue weighted by Gasteiger charge is -2.12. The van der Waals surface area contributed by atoms with Gasteiger partial charge in [-0.1, -0.05) is 37.3 Å². The van der Waals surface area contributed by atoms with E-state index in [9.17, 15) is 13.2 Å². The van der Waals surface area contributed by atoms with E-state index in [4.69, 9.17) is 4.74 Å². The predicted octanol–water partition coefficient (Wildman–Crippen LogP) is 2.52. The van der Waals surface area contributed by atoms with Gasteiger partial charge in [-0.3, -0.25) is 4.79 Å². The Morgan fingerprint density at radius 2 is 1.83 bits per heavy atom. The average molecular weight is 348 g/mol. The number of nitrogens with one attached hydrogen (secondary N) is 2. The lowest BCUT2D eigenvalue weighted by molar-refractivity contribution is -0.115. The molecule has 0 heterocycles. The first-order valence-corrected chi connectivity index (χ1v) is 8.96. The van der Waals surface area contributed by atoms with E-state index in [0.717, 1.165) is 5.56 Å². The van der Waals surface area contributed by atoms with Gasteiger partial charge in [0.05, 0.1) is 17.7 Å². The minimum Gasteiger partial charge on any atom is -0.495 e. The molecule has 0 saturated heterocycles. The fourth-order valence-electron chi connectivity index (χ4n) is 2.05. The summed E-state index contributed by atoms with van der Waals surface area (Å²) in [6, 6.07) is 13.6. The van der Waals surface area contributed by atoms with Gasteiger partial charge in [0.2, 0.25) is 15.9 Å². The molecule has 7 heteroatoms. The van der Waals surface area contributed by atoms with Crippen molar-refractivity contribution >= 4 is 21.6 Å². The van der Waals surface area contributed by atoms with Crippen molar-refractivity contribution in [2.45, 2.75) is 24.8 Å². The topological polar surface area (TPSA) is 84.5 Å². The fourth-order valence-corrected chi connectivity index (χ4v) is 3.09. The van der Waals surface area contributed by atoms with Gasteiger partial charge in [-0.05, 0) is 23.8 Å². The van der Waals surface area contributed by atoms with Crippen molar-refractivity contribution in [2.75, 3.05) is 12.4 Å². The molecule has 0 aromatic heterocycles. The molecule has 0 aliphatic heterocycles. The number of ether oxygens (including phenoxy) is 1. The van der Waals surface area contributed by atoms with Gasteiger partial charge < -0.3 is 10.1 Å². The van der Waals surface area contributed by atoms with Crippen LogP contribution in [-0.4, -0.2) is 21.4 Å². The summed E-state index contributed by atoms with van der Waals surface area (Å²) < 4.78 is 32.6. The van der Waals surface area contributed by atoms with E-state index in [1.165, 1.54) is 25.3 Å². The smallest absolute Gasteiger partial charge is 0.240 e. The van der Waals surface area contributed by atoms with Crippen LogP contribution in [0.3, 0.4) is 0 Å². The van der Waals surface area contributed by atoms with E-state index >= 15 is 0 Å². The van der Waals surface area contributed by atoms with Gasteiger partial charge in [0, 0.05) is 13.0 Å². The first kappa shape index (κ1) is 18.0. The van der Waals surface area contributed by atoms with Gasteiger partial charge >= 0.3 is 0 Å². The highest BCUT2D eigenvalue weighted by atomic mass is 32.2. The van der Waals surface area contributed by atoms with Crippen molar-refractivity contribution in [3.63, 3.8) is 0 Å². The zero-order valence-corrected chi connectivity index (χ0v) is 14.4. The first-order chi connectivity index (χ1) is 11.5. The molecule has 0 radical (unpaired) electrons. The van der Waals surface area contributed by atoms with Crippen molar-refractivity contribution in [1.82, 2.24) is 4.72 Å². The molecule has 0 aliphatic carbocycles. The van der Waals surface area contributed by atoms with Crippen LogP contribution >= 0.6 is 0 Å². The minimum atomic E-state index is -3.71. The lowest BCUT2D eigenvalue weighted by Crippen LogP contribution is -2.23. The van der Waals surface area contributed by atoms with Crippen molar-refractivity contribution in [3.8, 4) is 5.75 Å². The van der Waals surface area contributed by atoms with Gasteiger partial charge in [0.1, 0.15) is 5.75 Å². The van der Waals surface area contributed by atoms with E-state index in [-0.39, 0.29) is 23.8 Å². The lowest BCUT2D eigenvalue weighted by atomic mass is 10.2. The Morgan fingerprint density at radius 3 is 2.46 bits per heavy atom. The summed E-state index contributed by atoms with van der Waals surface area (Å²) in [6.07, 6.45) is 0.284. The van der Waals surface area contributed by atoms with E-state index in [2.05, 4.69) is 10.0 Å². The Morgan fingerprint density at radius 1 is 1.12 bits per heavy atom. The van der Waals surface area contributed by atoms with Gasteiger partial charge in [-0.15, -0.1) is 0 Å². The number of carbonyl (C=O) groups is 1. The maximum atomic E-state index is 12.4. The van der Waals surface area contributed by atoms with Crippen LogP contribution in [0.4, 0.5) is 5.69 Å². The monoisotopic (exact) mass is 348 g/mol. The molecule has 0 bridgehead atoms. The zero-order chi connectivity index (χ0) is 17.6. The molecular weight excluding hydrogens is 328 g/mol. The van der Waals surface area contributed by atoms with Crippen LogP contribution in [-0.2, 0) is 21.4 Å². The normalized spacial score (nSPS) is 11.1. The van der Waals surface area contributed by atoms with Gasteiger partial charge in [0.25, 0.3) is 0 Å². The third-order valence-electron chi connectivity index (χ3n) is 3.39. The van der Waals surface area contributed by atoms with E-state index in [1.807, 2.05) is 30.3 Å². The highest BCUT2D eigenvalue weighted by molar-refractivity contribution is 7.89. The largest absolute Gasteiger partial charge is 0.495 e. The number of carbonyl (C=O) groups excluding carboxylic acids is 1. The molecule has 0 unspecified atom stereocenters. The molecule has 0 aliphatic rings. The van der Waals surface area contributed by atoms with Crippen LogP contribution in [0.2, 0.25) is 0 Å². The number of rotatable bonds is 7. The Kier molecular flexibility index (Phi) is 5.94. The summed E-state index contributed by atoms with van der Waals surface area (Å²) in [6.45, 7) is 1.90. The van der Waals surface area contributed by atoms with Crippen molar-refractivity contribution < 1.29 is 17.9 Å². The van der Waals surface area contributed by atoms with Gasteiger partial charge in [-0.2, -0.15) is 0 Å². The molecule has 0 spiro atoms. The molecule has 0 fully saturated rings. The van der Waals surface area contributed by atoms with E-state index in [0.29, 0.717) is 11.4 Å². The highest BCUT2D eigenvalue weighted by Gasteiger charge is 2.17. The Bertz CT molecular complexity index is 805. The molecule has 2 rings (SSSR count). The Hall–Kier alpha value is -2.38. The number of anilines is 1. The van der Waals surface area contributed by atoms with Crippen LogP contribution in [0.15, 0.2) is 53.4 Å². The fraction of sp³-hybridized carbons (Fsp3) is 0.235. The molecule has 2 aromatic rings. The molecular formula is C17H20N2O4S. The standard InChI is InChI=1S/C17H20N2O4S/c1-3-17(20)19-15-11-14(9-10-16(15)23-2)24(21,22)18-12-13-7-5-4-6-8-13/h4-11,18H,3,12H2,1-2H3,(H,19,20). The quantitative estimate of drug-likeness (QED) is 0.805. The molecule has 2 aromatic carbocycles. The average Bonchev–Trinajstić information content (AvgIpc) is 2.60. The second-order valence-electron chi connectivity index (χ2n) is 5.07. The van der Waals surface area contributed by atoms with Crippen molar-refractivity contribution in [1.29, 1.82) is 0 Å². The SMILES string of the molecule is CCC(=O)Nc1cc(S(=O)(=O)NCc2ccccc2)ccc1OC. The summed E-state index contributed by atoms with van der Waals surface area (Å²) in [5, 5.41) is 2.64. The molecule has 1 amide bonds. The molecule has 24 heavy (non-hydrogen) atoms. The summed E-state index contributed by atoms with van der Waals surface area (Å²) in [7, 11) is -2.25. The minimum absolute atomic E-state index is 0.0608. The predicted molar refractivity (Wildman–Crippen MR) is 92.4 cm³/mol. The second kappa shape index (κ2) is 7.94. The number of hydrogen-bond donors (Lipinski definition) is 2. The van der Waals surface area contributed by atoms with Crippen LogP contribution < -0.4 is 14.8 Å². The molecule has 0 atom stereocenters. The number of hydrogen-bond acceptors (Lipinski definition) is 4. The molecule has 6 nitrogen and oxygen atoms in total. The summed E-state index contributed by atoms with van der Waals surface area (Å²) >= 11 is 0. The summed E-state index contributed by atoms with van der Waals surface area (Å²) in [4.78, 5) is 11.7. The maximum absolute atomic E-state index is 12.4. The zero-order valence-electron chi connectivity index (χ0n) is 13.6. The first-order valence-electron chi connectivity index (χ1n) is 7.47. The maximum Gasteiger partial charge on any atom is 0.240 e. The Balaban J connectivity index is 2.23. The molecule has 2 N–H and O–H groups in total. The van der Waals surface area contributed by atoms with Crippen molar-refractivity contribution in [2.24, 2.45) is 0 Å².